The molecule has 0 saturated carbocycles. The molecule has 2 heteroatoms. The van der Waals surface area contributed by atoms with Crippen molar-refractivity contribution in [3.8, 4) is 0 Å². The predicted molar refractivity (Wildman–Crippen MR) is 124 cm³/mol. The molecule has 0 fully saturated rings. The number of rotatable bonds is 4. The van der Waals surface area contributed by atoms with Crippen molar-refractivity contribution in [2.24, 2.45) is 0 Å². The molecular formula is C25H37NS. The largest absolute Gasteiger partial charge is 0.300 e. The average Bonchev–Trinajstić information content (AvgIpc) is 3.05. The van der Waals surface area contributed by atoms with E-state index < -0.39 is 0 Å². The molecule has 0 amide bonds. The molecule has 0 radical (unpaired) electrons. The highest BCUT2D eigenvalue weighted by molar-refractivity contribution is 7.12. The lowest BCUT2D eigenvalue weighted by molar-refractivity contribution is 0.299. The first-order chi connectivity index (χ1) is 13.0. The lowest BCUT2D eigenvalue weighted by atomic mass is 9.86. The second-order valence-corrected chi connectivity index (χ2v) is 8.35. The number of benzene rings is 1. The first-order valence-corrected chi connectivity index (χ1v) is 10.9. The van der Waals surface area contributed by atoms with Gasteiger partial charge >= 0.3 is 0 Å². The monoisotopic (exact) mass is 383 g/mol. The first-order valence-electron chi connectivity index (χ1n) is 10.1. The quantitative estimate of drug-likeness (QED) is 0.498. The van der Waals surface area contributed by atoms with Gasteiger partial charge in [0.05, 0.1) is 0 Å². The zero-order chi connectivity index (χ0) is 20.2. The Balaban J connectivity index is 0.000000453. The fourth-order valence-electron chi connectivity index (χ4n) is 3.25. The van der Waals surface area contributed by atoms with Crippen LogP contribution >= 0.6 is 11.3 Å². The molecule has 0 spiro atoms. The molecule has 1 nitrogen and oxygen atoms in total. The zero-order valence-corrected chi connectivity index (χ0v) is 18.7. The third-order valence-corrected chi connectivity index (χ3v) is 5.60. The molecule has 1 atom stereocenters. The minimum Gasteiger partial charge on any atom is -0.300 e. The molecular weight excluding hydrogens is 346 g/mol. The van der Waals surface area contributed by atoms with E-state index in [1.54, 1.807) is 27.5 Å². The fraction of sp³-hybridized carbons (Fsp3) is 0.440. The number of aryl methyl sites for hydroxylation is 2. The van der Waals surface area contributed by atoms with Gasteiger partial charge in [0.25, 0.3) is 0 Å². The molecule has 0 bridgehead atoms. The molecule has 27 heavy (non-hydrogen) atoms. The molecule has 0 N–H and O–H groups in total. The van der Waals surface area contributed by atoms with Gasteiger partial charge in [0.1, 0.15) is 0 Å². The molecule has 0 aliphatic carbocycles. The minimum atomic E-state index is 0.548. The number of hydrogen-bond acceptors (Lipinski definition) is 2. The smallest absolute Gasteiger partial charge is 0.0328 e. The maximum Gasteiger partial charge on any atom is 0.0328 e. The summed E-state index contributed by atoms with van der Waals surface area (Å²) in [6.07, 6.45) is 6.99. The van der Waals surface area contributed by atoms with Crippen LogP contribution in [0.4, 0.5) is 0 Å². The summed E-state index contributed by atoms with van der Waals surface area (Å²) in [6, 6.07) is 11.3. The van der Waals surface area contributed by atoms with Crippen molar-refractivity contribution in [1.29, 1.82) is 0 Å². The fourth-order valence-corrected chi connectivity index (χ4v) is 4.66. The molecule has 0 saturated heterocycles. The average molecular weight is 384 g/mol. The molecule has 2 aromatic rings. The van der Waals surface area contributed by atoms with Crippen LogP contribution in [-0.4, -0.2) is 18.5 Å². The summed E-state index contributed by atoms with van der Waals surface area (Å²) in [5.41, 5.74) is 4.51. The van der Waals surface area contributed by atoms with Crippen molar-refractivity contribution in [2.45, 2.75) is 59.4 Å². The van der Waals surface area contributed by atoms with Gasteiger partial charge in [-0.3, -0.25) is 0 Å². The summed E-state index contributed by atoms with van der Waals surface area (Å²) in [6.45, 7) is 17.7. The minimum absolute atomic E-state index is 0.548. The van der Waals surface area contributed by atoms with Crippen molar-refractivity contribution < 1.29 is 0 Å². The van der Waals surface area contributed by atoms with Gasteiger partial charge in [-0.15, -0.1) is 11.3 Å². The van der Waals surface area contributed by atoms with Crippen LogP contribution < -0.4 is 0 Å². The first kappa shape index (κ1) is 23.4. The molecule has 1 unspecified atom stereocenters. The third-order valence-electron chi connectivity index (χ3n) is 4.40. The highest BCUT2D eigenvalue weighted by Crippen LogP contribution is 2.39. The maximum absolute atomic E-state index is 3.36. The van der Waals surface area contributed by atoms with Gasteiger partial charge in [-0.1, -0.05) is 83.2 Å². The van der Waals surface area contributed by atoms with Crippen LogP contribution in [0.2, 0.25) is 0 Å². The summed E-state index contributed by atoms with van der Waals surface area (Å²) in [7, 11) is 2.24. The van der Waals surface area contributed by atoms with Gasteiger partial charge in [0, 0.05) is 28.8 Å². The van der Waals surface area contributed by atoms with E-state index in [-0.39, 0.29) is 0 Å². The van der Waals surface area contributed by atoms with Gasteiger partial charge in [-0.2, -0.15) is 0 Å². The van der Waals surface area contributed by atoms with E-state index in [1.807, 2.05) is 11.3 Å². The molecule has 1 aromatic carbocycles. The Morgan fingerprint density at radius 3 is 2.30 bits per heavy atom. The van der Waals surface area contributed by atoms with E-state index in [1.165, 1.54) is 30.4 Å². The number of fused-ring (bicyclic) bond motifs is 1. The topological polar surface area (TPSA) is 3.24 Å². The lowest BCUT2D eigenvalue weighted by Crippen LogP contribution is -2.30. The molecule has 1 aliphatic rings. The van der Waals surface area contributed by atoms with Gasteiger partial charge in [-0.25, -0.2) is 0 Å². The zero-order valence-electron chi connectivity index (χ0n) is 17.9. The summed E-state index contributed by atoms with van der Waals surface area (Å²) in [5.74, 6) is 0.548. The van der Waals surface area contributed by atoms with Crippen LogP contribution in [0.5, 0.6) is 0 Å². The Morgan fingerprint density at radius 2 is 1.74 bits per heavy atom. The summed E-state index contributed by atoms with van der Waals surface area (Å²) < 4.78 is 0. The summed E-state index contributed by atoms with van der Waals surface area (Å²) in [5, 5.41) is 0. The van der Waals surface area contributed by atoms with Crippen LogP contribution in [0.25, 0.3) is 0 Å². The Kier molecular flexibility index (Phi) is 11.0. The van der Waals surface area contributed by atoms with Crippen LogP contribution in [0.1, 0.15) is 66.0 Å². The highest BCUT2D eigenvalue weighted by Gasteiger charge is 2.27. The predicted octanol–water partition coefficient (Wildman–Crippen LogP) is 7.36. The van der Waals surface area contributed by atoms with Crippen molar-refractivity contribution >= 4 is 11.3 Å². The Bertz CT molecular complexity index is 692. The van der Waals surface area contributed by atoms with E-state index in [0.717, 1.165) is 13.1 Å². The standard InChI is InChI=1S/C18H23NS.C4H6.C3H8/c1-4-7-14-10-16-17(11-19(3)12-18(16)20-14)15-9-6-5-8-13(15)2;1-3-4-2;1-3-2/h5-6,8-10,17H,4,7,11-12H2,1-3H3;3-4H,1-2H2;3H2,1-2H3. The van der Waals surface area contributed by atoms with E-state index in [2.05, 4.69) is 83.1 Å². The van der Waals surface area contributed by atoms with Crippen LogP contribution in [-0.2, 0) is 13.0 Å². The van der Waals surface area contributed by atoms with Crippen LogP contribution in [0, 0.1) is 6.92 Å². The van der Waals surface area contributed by atoms with Crippen molar-refractivity contribution in [3.63, 3.8) is 0 Å². The van der Waals surface area contributed by atoms with Crippen molar-refractivity contribution in [2.75, 3.05) is 13.6 Å². The Hall–Kier alpha value is -1.64. The van der Waals surface area contributed by atoms with E-state index in [9.17, 15) is 0 Å². The van der Waals surface area contributed by atoms with Gasteiger partial charge in [-0.05, 0) is 43.1 Å². The maximum atomic E-state index is 3.36. The Labute approximate surface area is 171 Å². The van der Waals surface area contributed by atoms with E-state index in [0.29, 0.717) is 5.92 Å². The number of likely N-dealkylation sites (N-methyl/N-ethyl adjacent to an activating group) is 1. The lowest BCUT2D eigenvalue weighted by Gasteiger charge is -2.31. The van der Waals surface area contributed by atoms with Crippen molar-refractivity contribution in [3.05, 3.63) is 82.1 Å². The second-order valence-electron chi connectivity index (χ2n) is 7.13. The number of nitrogens with zero attached hydrogens (tertiary/aromatic N) is 1. The Morgan fingerprint density at radius 1 is 1.11 bits per heavy atom. The third kappa shape index (κ3) is 7.12. The molecule has 148 valence electrons. The van der Waals surface area contributed by atoms with Crippen molar-refractivity contribution in [1.82, 2.24) is 4.90 Å². The molecule has 1 aliphatic heterocycles. The van der Waals surface area contributed by atoms with E-state index >= 15 is 0 Å². The highest BCUT2D eigenvalue weighted by atomic mass is 32.1. The number of allylic oxidation sites excluding steroid dienone is 2. The summed E-state index contributed by atoms with van der Waals surface area (Å²) in [4.78, 5) is 5.60. The number of thiophene rings is 1. The number of hydrogen-bond donors (Lipinski definition) is 0. The molecule has 2 heterocycles. The SMILES string of the molecule is C=CC=C.CCC.CCCc1cc2c(s1)CN(C)CC2c1ccccc1C. The van der Waals surface area contributed by atoms with Gasteiger partial charge < -0.3 is 4.90 Å². The van der Waals surface area contributed by atoms with E-state index in [4.69, 9.17) is 0 Å². The second kappa shape index (κ2) is 12.7. The van der Waals surface area contributed by atoms with Crippen LogP contribution in [0.3, 0.4) is 0 Å². The summed E-state index contributed by atoms with van der Waals surface area (Å²) >= 11 is 2.03. The van der Waals surface area contributed by atoms with Gasteiger partial charge in [0.2, 0.25) is 0 Å². The van der Waals surface area contributed by atoms with Crippen LogP contribution in [0.15, 0.2) is 55.6 Å². The molecule has 1 aromatic heterocycles. The molecule has 3 rings (SSSR count). The van der Waals surface area contributed by atoms with Gasteiger partial charge in [0.15, 0.2) is 0 Å². The normalized spacial score (nSPS) is 15.5.